The molecular formula is C18H18Cl2O3. The highest BCUT2D eigenvalue weighted by Gasteiger charge is 2.23. The molecule has 1 aliphatic heterocycles. The van der Waals surface area contributed by atoms with Crippen molar-refractivity contribution in [3.05, 3.63) is 57.6 Å². The zero-order valence-electron chi connectivity index (χ0n) is 13.2. The fraction of sp³-hybridized carbons (Fsp3) is 0.278. The van der Waals surface area contributed by atoms with Gasteiger partial charge in [0.25, 0.3) is 0 Å². The van der Waals surface area contributed by atoms with Crippen LogP contribution in [-0.4, -0.2) is 17.7 Å². The average molecular weight is 353 g/mol. The number of carboxylic acid groups (broad SMARTS) is 1. The van der Waals surface area contributed by atoms with Crippen LogP contribution in [0.2, 0.25) is 10.0 Å². The van der Waals surface area contributed by atoms with Gasteiger partial charge in [-0.25, -0.2) is 4.79 Å². The van der Waals surface area contributed by atoms with Crippen LogP contribution in [0.3, 0.4) is 0 Å². The second-order valence-corrected chi connectivity index (χ2v) is 7.01. The van der Waals surface area contributed by atoms with Crippen molar-refractivity contribution in [3.63, 3.8) is 0 Å². The van der Waals surface area contributed by atoms with Crippen molar-refractivity contribution in [1.29, 1.82) is 0 Å². The van der Waals surface area contributed by atoms with E-state index in [4.69, 9.17) is 33.0 Å². The molecule has 122 valence electrons. The first-order valence-corrected chi connectivity index (χ1v) is 7.88. The summed E-state index contributed by atoms with van der Waals surface area (Å²) in [6.45, 7) is 6.38. The molecule has 2 rings (SSSR count). The fourth-order valence-corrected chi connectivity index (χ4v) is 2.60. The lowest BCUT2D eigenvalue weighted by atomic mass is 9.90. The molecule has 1 aromatic rings. The van der Waals surface area contributed by atoms with Gasteiger partial charge in [0.2, 0.25) is 0 Å². The van der Waals surface area contributed by atoms with Gasteiger partial charge in [-0.15, -0.1) is 0 Å². The summed E-state index contributed by atoms with van der Waals surface area (Å²) in [5.41, 5.74) is 2.22. The molecule has 1 heterocycles. The van der Waals surface area contributed by atoms with Gasteiger partial charge in [-0.05, 0) is 24.1 Å². The van der Waals surface area contributed by atoms with Crippen LogP contribution >= 0.6 is 23.2 Å². The summed E-state index contributed by atoms with van der Waals surface area (Å²) in [7, 11) is 0. The summed E-state index contributed by atoms with van der Waals surface area (Å²) in [5, 5.41) is 9.69. The molecule has 0 spiro atoms. The number of hydrogen-bond donors (Lipinski definition) is 1. The highest BCUT2D eigenvalue weighted by atomic mass is 35.5. The first-order chi connectivity index (χ1) is 10.7. The van der Waals surface area contributed by atoms with Crippen molar-refractivity contribution >= 4 is 34.7 Å². The number of carboxylic acids is 1. The van der Waals surface area contributed by atoms with Crippen molar-refractivity contribution in [2.45, 2.75) is 20.8 Å². The molecule has 0 saturated carbocycles. The number of fused-ring (bicyclic) bond motifs is 1. The third-order valence-corrected chi connectivity index (χ3v) is 4.08. The molecule has 3 nitrogen and oxygen atoms in total. The second-order valence-electron chi connectivity index (χ2n) is 6.20. The minimum absolute atomic E-state index is 0.179. The third kappa shape index (κ3) is 4.63. The van der Waals surface area contributed by atoms with Crippen LogP contribution in [-0.2, 0) is 4.79 Å². The second kappa shape index (κ2) is 6.81. The Morgan fingerprint density at radius 1 is 1.30 bits per heavy atom. The van der Waals surface area contributed by atoms with Crippen molar-refractivity contribution in [3.8, 4) is 5.75 Å². The van der Waals surface area contributed by atoms with E-state index in [0.717, 1.165) is 17.2 Å². The largest absolute Gasteiger partial charge is 0.492 e. The molecule has 0 fully saturated rings. The van der Waals surface area contributed by atoms with E-state index in [-0.39, 0.29) is 5.41 Å². The fourth-order valence-electron chi connectivity index (χ4n) is 2.28. The van der Waals surface area contributed by atoms with Gasteiger partial charge in [0, 0.05) is 23.1 Å². The number of rotatable bonds is 3. The molecule has 0 atom stereocenters. The molecular weight excluding hydrogens is 335 g/mol. The summed E-state index contributed by atoms with van der Waals surface area (Å²) in [5.74, 6) is -0.304. The maximum absolute atomic E-state index is 10.7. The zero-order valence-corrected chi connectivity index (χ0v) is 14.7. The van der Waals surface area contributed by atoms with Gasteiger partial charge in [0.05, 0.1) is 16.7 Å². The number of benzene rings is 1. The molecule has 1 N–H and O–H groups in total. The minimum atomic E-state index is -0.971. The molecule has 0 bridgehead atoms. The lowest BCUT2D eigenvalue weighted by Gasteiger charge is -2.18. The third-order valence-electron chi connectivity index (χ3n) is 3.36. The number of hydrogen-bond acceptors (Lipinski definition) is 2. The summed E-state index contributed by atoms with van der Waals surface area (Å²) < 4.78 is 5.86. The quantitative estimate of drug-likeness (QED) is 0.586. The molecule has 0 aromatic heterocycles. The molecule has 0 aliphatic carbocycles. The van der Waals surface area contributed by atoms with Gasteiger partial charge in [0.1, 0.15) is 5.75 Å². The Labute approximate surface area is 145 Å². The van der Waals surface area contributed by atoms with Crippen LogP contribution in [0.5, 0.6) is 5.75 Å². The van der Waals surface area contributed by atoms with E-state index in [1.165, 1.54) is 0 Å². The number of halogens is 2. The van der Waals surface area contributed by atoms with E-state index >= 15 is 0 Å². The monoisotopic (exact) mass is 352 g/mol. The number of aliphatic carboxylic acids is 1. The molecule has 0 amide bonds. The predicted molar refractivity (Wildman–Crippen MR) is 94.2 cm³/mol. The lowest BCUT2D eigenvalue weighted by Crippen LogP contribution is -2.17. The zero-order chi connectivity index (χ0) is 17.2. The molecule has 5 heteroatoms. The topological polar surface area (TPSA) is 46.5 Å². The van der Waals surface area contributed by atoms with Crippen LogP contribution in [0.25, 0.3) is 5.57 Å². The van der Waals surface area contributed by atoms with Gasteiger partial charge >= 0.3 is 5.97 Å². The predicted octanol–water partition coefficient (Wildman–Crippen LogP) is 5.38. The molecule has 1 aliphatic rings. The first-order valence-electron chi connectivity index (χ1n) is 7.12. The van der Waals surface area contributed by atoms with Crippen LogP contribution in [0.15, 0.2) is 42.0 Å². The summed E-state index contributed by atoms with van der Waals surface area (Å²) in [6.07, 6.45) is 6.88. The highest BCUT2D eigenvalue weighted by Crippen LogP contribution is 2.40. The van der Waals surface area contributed by atoms with Crippen LogP contribution in [0.1, 0.15) is 26.3 Å². The lowest BCUT2D eigenvalue weighted by molar-refractivity contribution is -0.131. The summed E-state index contributed by atoms with van der Waals surface area (Å²) in [4.78, 5) is 10.7. The normalized spacial score (nSPS) is 17.3. The van der Waals surface area contributed by atoms with Crippen molar-refractivity contribution in [1.82, 2.24) is 0 Å². The van der Waals surface area contributed by atoms with Gasteiger partial charge < -0.3 is 9.84 Å². The van der Waals surface area contributed by atoms with E-state index in [9.17, 15) is 4.79 Å². The Balaban J connectivity index is 2.51. The highest BCUT2D eigenvalue weighted by molar-refractivity contribution is 6.42. The Morgan fingerprint density at radius 3 is 2.61 bits per heavy atom. The molecule has 0 unspecified atom stereocenters. The average Bonchev–Trinajstić information content (AvgIpc) is 2.54. The van der Waals surface area contributed by atoms with E-state index in [1.807, 2.05) is 6.08 Å². The van der Waals surface area contributed by atoms with Gasteiger partial charge in [0.15, 0.2) is 0 Å². The van der Waals surface area contributed by atoms with E-state index in [1.54, 1.807) is 25.1 Å². The summed E-state index contributed by atoms with van der Waals surface area (Å²) in [6, 6.07) is 3.48. The summed E-state index contributed by atoms with van der Waals surface area (Å²) >= 11 is 12.2. The Hall–Kier alpha value is -1.71. The van der Waals surface area contributed by atoms with Crippen LogP contribution in [0.4, 0.5) is 0 Å². The number of carbonyl (C=O) groups is 1. The van der Waals surface area contributed by atoms with E-state index in [0.29, 0.717) is 28.0 Å². The van der Waals surface area contributed by atoms with Gasteiger partial charge in [-0.1, -0.05) is 55.3 Å². The first kappa shape index (κ1) is 17.6. The SMILES string of the molecule is CC(C=CC1=CC(C)(C)COc2cc(Cl)c(Cl)cc21)=CC(=O)O. The number of allylic oxidation sites excluding steroid dienone is 4. The van der Waals surface area contributed by atoms with E-state index in [2.05, 4.69) is 19.9 Å². The minimum Gasteiger partial charge on any atom is -0.492 e. The smallest absolute Gasteiger partial charge is 0.328 e. The van der Waals surface area contributed by atoms with E-state index < -0.39 is 5.97 Å². The molecule has 1 aromatic carbocycles. The number of ether oxygens (including phenoxy) is 1. The Morgan fingerprint density at radius 2 is 1.96 bits per heavy atom. The maximum atomic E-state index is 10.7. The van der Waals surface area contributed by atoms with Gasteiger partial charge in [-0.3, -0.25) is 0 Å². The molecule has 23 heavy (non-hydrogen) atoms. The molecule has 0 saturated heterocycles. The van der Waals surface area contributed by atoms with Crippen molar-refractivity contribution in [2.75, 3.05) is 6.61 Å². The Bertz CT molecular complexity index is 728. The van der Waals surface area contributed by atoms with Crippen LogP contribution in [0, 0.1) is 5.41 Å². The Kier molecular flexibility index (Phi) is 5.23. The van der Waals surface area contributed by atoms with Crippen LogP contribution < -0.4 is 4.74 Å². The van der Waals surface area contributed by atoms with Gasteiger partial charge in [-0.2, -0.15) is 0 Å². The standard InChI is InChI=1S/C18H18Cl2O3/c1-11(6-17(21)22)4-5-12-9-18(2,3)10-23-16-8-15(20)14(19)7-13(12)16/h4-9H,10H2,1-3H3,(H,21,22). The van der Waals surface area contributed by atoms with Crippen molar-refractivity contribution < 1.29 is 14.6 Å². The van der Waals surface area contributed by atoms with Crippen molar-refractivity contribution in [2.24, 2.45) is 5.41 Å². The molecule has 0 radical (unpaired) electrons. The maximum Gasteiger partial charge on any atom is 0.328 e.